The minimum absolute atomic E-state index is 0.0119. The maximum Gasteiger partial charge on any atom is 0.214 e. The van der Waals surface area contributed by atoms with Crippen molar-refractivity contribution < 1.29 is 20.0 Å². The molecule has 2 aromatic rings. The largest absolute Gasteiger partial charge is 0.595 e. The number of carbonyl (C=O) groups excluding carboxylic acids is 1. The van der Waals surface area contributed by atoms with Crippen LogP contribution in [0.2, 0.25) is 0 Å². The fraction of sp³-hybridized carbons (Fsp3) is 0.0667. The van der Waals surface area contributed by atoms with E-state index in [4.69, 9.17) is 9.94 Å². The summed E-state index contributed by atoms with van der Waals surface area (Å²) in [5, 5.41) is 19.2. The maximum atomic E-state index is 12.4. The van der Waals surface area contributed by atoms with Crippen LogP contribution in [0.25, 0.3) is 0 Å². The SMILES string of the molecule is COc1cc2c(cc1[NH+]([O-])O)N=C(c1ccccc1)C2=O. The van der Waals surface area contributed by atoms with Crippen molar-refractivity contribution in [2.75, 3.05) is 7.11 Å². The Labute approximate surface area is 120 Å². The van der Waals surface area contributed by atoms with E-state index >= 15 is 0 Å². The molecule has 0 radical (unpaired) electrons. The lowest BCUT2D eigenvalue weighted by Gasteiger charge is -2.15. The Balaban J connectivity index is 2.12. The van der Waals surface area contributed by atoms with Crippen LogP contribution < -0.4 is 9.96 Å². The molecule has 0 bridgehead atoms. The van der Waals surface area contributed by atoms with Gasteiger partial charge in [-0.1, -0.05) is 30.3 Å². The summed E-state index contributed by atoms with van der Waals surface area (Å²) in [5.41, 5.74) is 1.72. The molecule has 2 N–H and O–H groups in total. The number of ether oxygens (including phenoxy) is 1. The first-order valence-corrected chi connectivity index (χ1v) is 6.26. The first-order chi connectivity index (χ1) is 10.1. The van der Waals surface area contributed by atoms with E-state index in [0.717, 1.165) is 0 Å². The van der Waals surface area contributed by atoms with E-state index in [-0.39, 0.29) is 17.2 Å². The third kappa shape index (κ3) is 2.21. The number of benzene rings is 2. The van der Waals surface area contributed by atoms with Crippen LogP contribution in [-0.2, 0) is 0 Å². The molecule has 0 aliphatic carbocycles. The van der Waals surface area contributed by atoms with Gasteiger partial charge in [0, 0.05) is 11.6 Å². The van der Waals surface area contributed by atoms with Crippen molar-refractivity contribution in [3.05, 3.63) is 58.8 Å². The van der Waals surface area contributed by atoms with Gasteiger partial charge in [-0.15, -0.1) is 0 Å². The number of hydrogen-bond donors (Lipinski definition) is 2. The molecule has 21 heavy (non-hydrogen) atoms. The number of hydrogen-bond acceptors (Lipinski definition) is 5. The van der Waals surface area contributed by atoms with Crippen LogP contribution in [0.3, 0.4) is 0 Å². The lowest BCUT2D eigenvalue weighted by Crippen LogP contribution is -2.99. The Bertz CT molecular complexity index is 739. The van der Waals surface area contributed by atoms with Gasteiger partial charge in [0.15, 0.2) is 5.75 Å². The Morgan fingerprint density at radius 1 is 1.24 bits per heavy atom. The summed E-state index contributed by atoms with van der Waals surface area (Å²) in [4.78, 5) is 16.7. The van der Waals surface area contributed by atoms with Crippen molar-refractivity contribution >= 4 is 22.9 Å². The average molecular weight is 284 g/mol. The average Bonchev–Trinajstić information content (AvgIpc) is 2.83. The standard InChI is InChI=1S/C15H12N2O4/c1-21-13-7-10-11(8-12(13)17(19)20)16-14(15(10)18)9-5-3-2-4-6-9/h2-8,17,19H,1H3. The molecule has 6 heteroatoms. The lowest BCUT2D eigenvalue weighted by atomic mass is 10.0. The highest BCUT2D eigenvalue weighted by Crippen LogP contribution is 2.35. The molecule has 2 aromatic carbocycles. The normalized spacial score (nSPS) is 14.6. The zero-order valence-corrected chi connectivity index (χ0v) is 11.2. The van der Waals surface area contributed by atoms with Crippen LogP contribution in [-0.4, -0.2) is 23.8 Å². The summed E-state index contributed by atoms with van der Waals surface area (Å²) in [6.07, 6.45) is 0. The highest BCUT2D eigenvalue weighted by Gasteiger charge is 2.29. The molecular weight excluding hydrogens is 272 g/mol. The number of fused-ring (bicyclic) bond motifs is 1. The zero-order chi connectivity index (χ0) is 15.0. The molecule has 1 heterocycles. The molecule has 1 atom stereocenters. The molecule has 0 amide bonds. The number of ketones is 1. The number of rotatable bonds is 3. The second-order valence-electron chi connectivity index (χ2n) is 4.53. The van der Waals surface area contributed by atoms with Crippen LogP contribution >= 0.6 is 0 Å². The molecule has 6 nitrogen and oxygen atoms in total. The van der Waals surface area contributed by atoms with Gasteiger partial charge in [0.2, 0.25) is 11.5 Å². The van der Waals surface area contributed by atoms with Crippen molar-refractivity contribution in [3.63, 3.8) is 0 Å². The predicted octanol–water partition coefficient (Wildman–Crippen LogP) is 1.42. The monoisotopic (exact) mass is 284 g/mol. The summed E-state index contributed by atoms with van der Waals surface area (Å²) in [6, 6.07) is 11.9. The lowest BCUT2D eigenvalue weighted by molar-refractivity contribution is -0.991. The number of nitrogens with zero attached hydrogens (tertiary/aromatic N) is 1. The molecule has 106 valence electrons. The summed E-state index contributed by atoms with van der Waals surface area (Å²) in [7, 11) is 1.37. The minimum Gasteiger partial charge on any atom is -0.595 e. The zero-order valence-electron chi connectivity index (χ0n) is 11.2. The van der Waals surface area contributed by atoms with E-state index in [0.29, 0.717) is 22.5 Å². The number of quaternary nitrogens is 1. The smallest absolute Gasteiger partial charge is 0.214 e. The van der Waals surface area contributed by atoms with Gasteiger partial charge in [-0.2, -0.15) is 5.23 Å². The van der Waals surface area contributed by atoms with E-state index in [2.05, 4.69) is 4.99 Å². The van der Waals surface area contributed by atoms with E-state index in [1.165, 1.54) is 19.2 Å². The first-order valence-electron chi connectivity index (χ1n) is 6.26. The van der Waals surface area contributed by atoms with Crippen LogP contribution in [0.4, 0.5) is 11.4 Å². The Kier molecular flexibility index (Phi) is 3.26. The number of Topliss-reactive ketones (excluding diaryl/α,β-unsaturated/α-hetero) is 1. The van der Waals surface area contributed by atoms with Crippen molar-refractivity contribution in [2.24, 2.45) is 4.99 Å². The highest BCUT2D eigenvalue weighted by atomic mass is 16.8. The Hall–Kier alpha value is -2.54. The summed E-state index contributed by atoms with van der Waals surface area (Å²) >= 11 is 0. The van der Waals surface area contributed by atoms with Gasteiger partial charge in [-0.25, -0.2) is 10.2 Å². The van der Waals surface area contributed by atoms with Crippen LogP contribution in [0, 0.1) is 5.21 Å². The van der Waals surface area contributed by atoms with E-state index < -0.39 is 5.23 Å². The van der Waals surface area contributed by atoms with Gasteiger partial charge < -0.3 is 9.94 Å². The third-order valence-corrected chi connectivity index (χ3v) is 3.29. The van der Waals surface area contributed by atoms with Gasteiger partial charge >= 0.3 is 0 Å². The molecule has 3 rings (SSSR count). The van der Waals surface area contributed by atoms with Crippen molar-refractivity contribution in [1.82, 2.24) is 0 Å². The second-order valence-corrected chi connectivity index (χ2v) is 4.53. The van der Waals surface area contributed by atoms with Crippen LogP contribution in [0.15, 0.2) is 47.5 Å². The molecule has 1 unspecified atom stereocenters. The quantitative estimate of drug-likeness (QED) is 0.834. The molecule has 1 aliphatic rings. The second kappa shape index (κ2) is 5.10. The topological polar surface area (TPSA) is 86.4 Å². The summed E-state index contributed by atoms with van der Waals surface area (Å²) in [6.45, 7) is 0. The van der Waals surface area contributed by atoms with Crippen molar-refractivity contribution in [2.45, 2.75) is 0 Å². The molecule has 0 aromatic heterocycles. The first kappa shape index (κ1) is 13.4. The molecule has 0 saturated heterocycles. The van der Waals surface area contributed by atoms with Gasteiger partial charge in [0.25, 0.3) is 0 Å². The number of nitrogens with one attached hydrogen (secondary N) is 1. The molecular formula is C15H12N2O4. The van der Waals surface area contributed by atoms with E-state index in [1.807, 2.05) is 18.2 Å². The Morgan fingerprint density at radius 3 is 2.57 bits per heavy atom. The fourth-order valence-electron chi connectivity index (χ4n) is 2.27. The van der Waals surface area contributed by atoms with Gasteiger partial charge in [-0.3, -0.25) is 4.79 Å². The number of aliphatic imine (C=N–C) groups is 1. The predicted molar refractivity (Wildman–Crippen MR) is 75.7 cm³/mol. The Morgan fingerprint density at radius 2 is 1.95 bits per heavy atom. The summed E-state index contributed by atoms with van der Waals surface area (Å²) < 4.78 is 5.04. The molecule has 0 saturated carbocycles. The fourth-order valence-corrected chi connectivity index (χ4v) is 2.27. The van der Waals surface area contributed by atoms with Gasteiger partial charge in [0.1, 0.15) is 5.71 Å². The minimum atomic E-state index is -1.12. The van der Waals surface area contributed by atoms with Gasteiger partial charge in [0.05, 0.1) is 18.4 Å². The van der Waals surface area contributed by atoms with Gasteiger partial charge in [-0.05, 0) is 6.07 Å². The maximum absolute atomic E-state index is 12.4. The van der Waals surface area contributed by atoms with E-state index in [9.17, 15) is 10.0 Å². The number of carbonyl (C=O) groups is 1. The van der Waals surface area contributed by atoms with Crippen LogP contribution in [0.5, 0.6) is 5.75 Å². The molecule has 0 spiro atoms. The summed E-state index contributed by atoms with van der Waals surface area (Å²) in [5.74, 6) is -0.0782. The van der Waals surface area contributed by atoms with Crippen LogP contribution in [0.1, 0.15) is 15.9 Å². The third-order valence-electron chi connectivity index (χ3n) is 3.29. The van der Waals surface area contributed by atoms with E-state index in [1.54, 1.807) is 12.1 Å². The molecule has 1 aliphatic heterocycles. The van der Waals surface area contributed by atoms with Crippen molar-refractivity contribution in [1.29, 1.82) is 0 Å². The molecule has 0 fully saturated rings. The van der Waals surface area contributed by atoms with Crippen molar-refractivity contribution in [3.8, 4) is 5.75 Å². The number of methoxy groups -OCH3 is 1. The highest BCUT2D eigenvalue weighted by molar-refractivity contribution is 6.55.